The molecule has 174 valence electrons. The van der Waals surface area contributed by atoms with Crippen molar-refractivity contribution in [3.63, 3.8) is 0 Å². The predicted octanol–water partition coefficient (Wildman–Crippen LogP) is 6.24. The number of ether oxygens (including phenoxy) is 1. The van der Waals surface area contributed by atoms with Gasteiger partial charge in [0.2, 0.25) is 0 Å². The first-order valence-electron chi connectivity index (χ1n) is 11.4. The first-order chi connectivity index (χ1) is 17.7. The van der Waals surface area contributed by atoms with E-state index in [0.29, 0.717) is 34.2 Å². The molecule has 0 aliphatic carbocycles. The summed E-state index contributed by atoms with van der Waals surface area (Å²) in [4.78, 5) is 4.71. The summed E-state index contributed by atoms with van der Waals surface area (Å²) in [6, 6.07) is 27.7. The molecule has 0 aliphatic heterocycles. The molecule has 0 saturated carbocycles. The Morgan fingerprint density at radius 3 is 2.61 bits per heavy atom. The van der Waals surface area contributed by atoms with E-state index in [1.54, 1.807) is 11.8 Å². The maximum Gasteiger partial charge on any atom is 0.176 e. The topological polar surface area (TPSA) is 81.8 Å². The van der Waals surface area contributed by atoms with Gasteiger partial charge in [-0.1, -0.05) is 42.5 Å². The van der Waals surface area contributed by atoms with Crippen LogP contribution in [-0.4, -0.2) is 26.4 Å². The highest BCUT2D eigenvalue weighted by Crippen LogP contribution is 2.35. The number of nitrogens with zero attached hydrogens (tertiary/aromatic N) is 5. The molecular formula is C29H21N5O2. The Morgan fingerprint density at radius 1 is 1.03 bits per heavy atom. The SMILES string of the molecule is COc1cccc2cc(-c3nn(-c4ccccc4)cc3/C=C(/C#N)c3nc4ccccc4n3C)oc12. The van der Waals surface area contributed by atoms with Crippen molar-refractivity contribution in [1.82, 2.24) is 19.3 Å². The van der Waals surface area contributed by atoms with Crippen LogP contribution in [-0.2, 0) is 7.05 Å². The largest absolute Gasteiger partial charge is 0.493 e. The first-order valence-corrected chi connectivity index (χ1v) is 11.4. The number of aryl methyl sites for hydroxylation is 1. The van der Waals surface area contributed by atoms with Crippen LogP contribution in [0.3, 0.4) is 0 Å². The summed E-state index contributed by atoms with van der Waals surface area (Å²) >= 11 is 0. The lowest BCUT2D eigenvalue weighted by molar-refractivity contribution is 0.411. The highest BCUT2D eigenvalue weighted by atomic mass is 16.5. The maximum absolute atomic E-state index is 10.1. The van der Waals surface area contributed by atoms with E-state index in [-0.39, 0.29) is 0 Å². The van der Waals surface area contributed by atoms with Gasteiger partial charge < -0.3 is 13.7 Å². The molecule has 3 heterocycles. The number of aromatic nitrogens is 4. The van der Waals surface area contributed by atoms with Crippen LogP contribution in [0.2, 0.25) is 0 Å². The van der Waals surface area contributed by atoms with E-state index < -0.39 is 0 Å². The Kier molecular flexibility index (Phi) is 5.12. The van der Waals surface area contributed by atoms with Gasteiger partial charge in [-0.15, -0.1) is 0 Å². The number of fused-ring (bicyclic) bond motifs is 2. The molecule has 0 N–H and O–H groups in total. The predicted molar refractivity (Wildman–Crippen MR) is 140 cm³/mol. The number of para-hydroxylation sites is 4. The fourth-order valence-electron chi connectivity index (χ4n) is 4.40. The van der Waals surface area contributed by atoms with Crippen molar-refractivity contribution in [3.05, 3.63) is 96.4 Å². The number of rotatable bonds is 5. The van der Waals surface area contributed by atoms with Crippen molar-refractivity contribution in [3.8, 4) is 29.0 Å². The zero-order chi connectivity index (χ0) is 24.6. The lowest BCUT2D eigenvalue weighted by Gasteiger charge is -2.01. The van der Waals surface area contributed by atoms with Crippen LogP contribution in [0, 0.1) is 11.3 Å². The third kappa shape index (κ3) is 3.53. The monoisotopic (exact) mass is 471 g/mol. The van der Waals surface area contributed by atoms with E-state index in [2.05, 4.69) is 6.07 Å². The fourth-order valence-corrected chi connectivity index (χ4v) is 4.40. The molecular weight excluding hydrogens is 450 g/mol. The highest BCUT2D eigenvalue weighted by molar-refractivity contribution is 5.94. The van der Waals surface area contributed by atoms with Gasteiger partial charge in [0.25, 0.3) is 0 Å². The number of methoxy groups -OCH3 is 1. The molecule has 0 fully saturated rings. The van der Waals surface area contributed by atoms with Gasteiger partial charge in [0.05, 0.1) is 29.4 Å². The van der Waals surface area contributed by atoms with Gasteiger partial charge in [0.1, 0.15) is 11.8 Å². The minimum absolute atomic E-state index is 0.427. The van der Waals surface area contributed by atoms with Crippen LogP contribution < -0.4 is 4.74 Å². The minimum Gasteiger partial charge on any atom is -0.493 e. The number of allylic oxidation sites excluding steroid dienone is 1. The molecule has 3 aromatic carbocycles. The maximum atomic E-state index is 10.1. The normalized spacial score (nSPS) is 11.8. The van der Waals surface area contributed by atoms with E-state index in [0.717, 1.165) is 27.7 Å². The molecule has 0 bridgehead atoms. The number of imidazole rings is 1. The lowest BCUT2D eigenvalue weighted by Crippen LogP contribution is -1.96. The molecule has 0 aliphatic rings. The molecule has 6 rings (SSSR count). The van der Waals surface area contributed by atoms with Crippen molar-refractivity contribution in [2.45, 2.75) is 0 Å². The summed E-state index contributed by atoms with van der Waals surface area (Å²) in [5.41, 5.74) is 5.11. The van der Waals surface area contributed by atoms with Crippen LogP contribution in [0.15, 0.2) is 89.5 Å². The fraction of sp³-hybridized carbons (Fsp3) is 0.0690. The molecule has 3 aromatic heterocycles. The number of furan rings is 1. The van der Waals surface area contributed by atoms with Crippen molar-refractivity contribution in [1.29, 1.82) is 5.26 Å². The number of hydrogen-bond acceptors (Lipinski definition) is 5. The lowest BCUT2D eigenvalue weighted by atomic mass is 10.1. The van der Waals surface area contributed by atoms with E-state index in [1.807, 2.05) is 103 Å². The molecule has 0 amide bonds. The first kappa shape index (κ1) is 21.4. The summed E-state index contributed by atoms with van der Waals surface area (Å²) < 4.78 is 15.4. The second kappa shape index (κ2) is 8.60. The van der Waals surface area contributed by atoms with Crippen LogP contribution in [0.5, 0.6) is 5.75 Å². The van der Waals surface area contributed by atoms with Crippen LogP contribution in [0.25, 0.3) is 50.8 Å². The summed E-state index contributed by atoms with van der Waals surface area (Å²) in [6.45, 7) is 0. The van der Waals surface area contributed by atoms with Crippen LogP contribution >= 0.6 is 0 Å². The third-order valence-electron chi connectivity index (χ3n) is 6.17. The Balaban J connectivity index is 1.56. The van der Waals surface area contributed by atoms with Gasteiger partial charge in [-0.25, -0.2) is 9.67 Å². The summed E-state index contributed by atoms with van der Waals surface area (Å²) in [5, 5.41) is 15.9. The number of hydrogen-bond donors (Lipinski definition) is 0. The van der Waals surface area contributed by atoms with Gasteiger partial charge in [-0.05, 0) is 42.5 Å². The van der Waals surface area contributed by atoms with Gasteiger partial charge in [0, 0.05) is 24.2 Å². The van der Waals surface area contributed by atoms with Gasteiger partial charge in [-0.2, -0.15) is 10.4 Å². The summed E-state index contributed by atoms with van der Waals surface area (Å²) in [6.07, 6.45) is 3.71. The average molecular weight is 472 g/mol. The van der Waals surface area contributed by atoms with E-state index in [9.17, 15) is 5.26 Å². The van der Waals surface area contributed by atoms with E-state index >= 15 is 0 Å². The minimum atomic E-state index is 0.427. The average Bonchev–Trinajstić information content (AvgIpc) is 3.63. The zero-order valence-corrected chi connectivity index (χ0v) is 19.7. The molecule has 0 unspecified atom stereocenters. The Bertz CT molecular complexity index is 1800. The Hall–Kier alpha value is -5.09. The van der Waals surface area contributed by atoms with Crippen molar-refractivity contribution >= 4 is 33.7 Å². The second-order valence-corrected chi connectivity index (χ2v) is 8.36. The third-order valence-corrected chi connectivity index (χ3v) is 6.17. The summed E-state index contributed by atoms with van der Waals surface area (Å²) in [5.74, 6) is 1.82. The smallest absolute Gasteiger partial charge is 0.176 e. The molecule has 0 saturated heterocycles. The van der Waals surface area contributed by atoms with E-state index in [1.165, 1.54) is 0 Å². The van der Waals surface area contributed by atoms with E-state index in [4.69, 9.17) is 19.2 Å². The number of benzene rings is 3. The standard InChI is InChI=1S/C29H21N5O2/c1-33-24-13-7-6-12-23(24)31-29(33)20(17-30)15-21-18-34(22-10-4-3-5-11-22)32-27(21)26-16-19-9-8-14-25(35-2)28(19)36-26/h3-16,18H,1-2H3/b20-15-. The van der Waals surface area contributed by atoms with Gasteiger partial charge in [0.15, 0.2) is 22.9 Å². The molecule has 0 atom stereocenters. The number of nitriles is 1. The Labute approximate surface area is 207 Å². The molecule has 0 radical (unpaired) electrons. The molecule has 6 aromatic rings. The molecule has 0 spiro atoms. The van der Waals surface area contributed by atoms with Crippen molar-refractivity contribution < 1.29 is 9.15 Å². The van der Waals surface area contributed by atoms with Crippen molar-refractivity contribution in [2.24, 2.45) is 7.05 Å². The van der Waals surface area contributed by atoms with Crippen molar-refractivity contribution in [2.75, 3.05) is 7.11 Å². The highest BCUT2D eigenvalue weighted by Gasteiger charge is 2.19. The summed E-state index contributed by atoms with van der Waals surface area (Å²) in [7, 11) is 3.53. The van der Waals surface area contributed by atoms with Crippen LogP contribution in [0.4, 0.5) is 0 Å². The Morgan fingerprint density at radius 2 is 1.83 bits per heavy atom. The molecule has 7 heteroatoms. The zero-order valence-electron chi connectivity index (χ0n) is 19.7. The molecule has 36 heavy (non-hydrogen) atoms. The van der Waals surface area contributed by atoms with Gasteiger partial charge in [-0.3, -0.25) is 0 Å². The molecule has 7 nitrogen and oxygen atoms in total. The van der Waals surface area contributed by atoms with Gasteiger partial charge >= 0.3 is 0 Å². The quantitative estimate of drug-likeness (QED) is 0.278. The van der Waals surface area contributed by atoms with Crippen LogP contribution in [0.1, 0.15) is 11.4 Å². The second-order valence-electron chi connectivity index (χ2n) is 8.36.